The van der Waals surface area contributed by atoms with Gasteiger partial charge in [-0.1, -0.05) is 217 Å². The molecule has 2 amide bonds. The van der Waals surface area contributed by atoms with Gasteiger partial charge in [0, 0.05) is 17.0 Å². The first-order valence-corrected chi connectivity index (χ1v) is 26.5. The van der Waals surface area contributed by atoms with Crippen LogP contribution in [0.5, 0.6) is 0 Å². The Morgan fingerprint density at radius 3 is 1.55 bits per heavy atom. The SMILES string of the molecule is O=C(CO/N=C(/C(=O)NC1C(=O)N2C(C(=O)OC(c3ccccc3)c3ccccc3)=C(CCl)CS[C@H]12)c1csc(NC(c2ccccc2)(c2ccccc2)c2ccccc2)n1)OC(c1ccccc1)c1ccccc1. The summed E-state index contributed by atoms with van der Waals surface area (Å²) in [5.74, 6) is -2.57. The number of alkyl halides is 1. The van der Waals surface area contributed by atoms with Gasteiger partial charge in [-0.25, -0.2) is 14.6 Å². The lowest BCUT2D eigenvalue weighted by Crippen LogP contribution is -2.71. The molecule has 3 heterocycles. The number of carbonyl (C=O) groups excluding carboxylic acids is 4. The molecule has 15 heteroatoms. The predicted molar refractivity (Wildman–Crippen MR) is 292 cm³/mol. The Bertz CT molecular complexity index is 3140. The maximum absolute atomic E-state index is 14.7. The number of aromatic nitrogens is 1. The molecule has 2 aliphatic rings. The molecule has 1 saturated heterocycles. The average molecular weight is 1050 g/mol. The summed E-state index contributed by atoms with van der Waals surface area (Å²) in [7, 11) is 0. The van der Waals surface area contributed by atoms with E-state index in [-0.39, 0.29) is 23.0 Å². The molecule has 10 rings (SSSR count). The van der Waals surface area contributed by atoms with Gasteiger partial charge in [0.05, 0.1) is 0 Å². The van der Waals surface area contributed by atoms with Crippen LogP contribution in [0, 0.1) is 0 Å². The largest absolute Gasteiger partial charge is 0.450 e. The minimum atomic E-state index is -1.10. The van der Waals surface area contributed by atoms with Crippen molar-refractivity contribution in [2.45, 2.75) is 29.2 Å². The van der Waals surface area contributed by atoms with Crippen LogP contribution < -0.4 is 10.6 Å². The minimum absolute atomic E-state index is 0.0272. The highest BCUT2D eigenvalue weighted by Crippen LogP contribution is 2.43. The molecule has 1 aromatic heterocycles. The van der Waals surface area contributed by atoms with Crippen LogP contribution in [0.4, 0.5) is 5.13 Å². The zero-order valence-corrected chi connectivity index (χ0v) is 42.5. The van der Waals surface area contributed by atoms with Gasteiger partial charge >= 0.3 is 11.9 Å². The van der Waals surface area contributed by atoms with Crippen LogP contribution >= 0.6 is 34.7 Å². The van der Waals surface area contributed by atoms with Crippen molar-refractivity contribution < 1.29 is 33.5 Å². The van der Waals surface area contributed by atoms with E-state index in [1.165, 1.54) is 28.0 Å². The number of anilines is 1. The fraction of sp³-hybridized carbons (Fsp3) is 0.133. The normalized spacial score (nSPS) is 15.4. The van der Waals surface area contributed by atoms with E-state index in [0.29, 0.717) is 16.5 Å². The fourth-order valence-corrected chi connectivity index (χ4v) is 11.6. The van der Waals surface area contributed by atoms with E-state index in [4.69, 9.17) is 30.9 Å². The number of hydrogen-bond acceptors (Lipinski definition) is 12. The van der Waals surface area contributed by atoms with Crippen LogP contribution in [0.1, 0.15) is 56.8 Å². The third-order valence-corrected chi connectivity index (χ3v) is 15.2. The number of rotatable bonds is 19. The lowest BCUT2D eigenvalue weighted by molar-refractivity contribution is -0.154. The van der Waals surface area contributed by atoms with E-state index in [1.807, 2.05) is 212 Å². The van der Waals surface area contributed by atoms with Gasteiger partial charge in [0.2, 0.25) is 6.61 Å². The number of benzene rings is 7. The molecule has 12 nitrogen and oxygen atoms in total. The topological polar surface area (TPSA) is 149 Å². The number of thioether (sulfide) groups is 1. The number of amides is 2. The minimum Gasteiger partial charge on any atom is -0.450 e. The van der Waals surface area contributed by atoms with E-state index in [2.05, 4.69) is 15.8 Å². The maximum Gasteiger partial charge on any atom is 0.356 e. The summed E-state index contributed by atoms with van der Waals surface area (Å²) in [6, 6.07) is 66.1. The summed E-state index contributed by atoms with van der Waals surface area (Å²) in [5.41, 5.74) is 5.17. The molecule has 1 fully saturated rings. The first kappa shape index (κ1) is 50.2. The standard InChI is InChI=1S/C60H48ClN5O7S2/c61-36-44-38-74-57-51(56(69)66(57)52(44)58(70)73-54(42-26-12-3-13-27-42)43-28-14-4-15-29-43)63-55(68)50(65-71-37-49(67)72-53(40-22-8-1-9-23-40)41-24-10-2-11-25-41)48-39-75-59(62-48)64-60(45-30-16-5-17-31-45,46-32-18-6-19-33-46)47-34-20-7-21-35-47/h1-35,39,51,53-54,57H,36-38H2,(H,62,64)(H,63,68)/b65-50+/t51?,57-/m1/s1. The maximum atomic E-state index is 14.7. The Morgan fingerprint density at radius 2 is 1.09 bits per heavy atom. The molecule has 1 unspecified atom stereocenters. The van der Waals surface area contributed by atoms with Crippen LogP contribution in [0.15, 0.2) is 234 Å². The van der Waals surface area contributed by atoms with E-state index in [0.717, 1.165) is 38.9 Å². The van der Waals surface area contributed by atoms with Gasteiger partial charge in [0.25, 0.3) is 11.8 Å². The molecule has 2 aliphatic heterocycles. The number of fused-ring (bicyclic) bond motifs is 1. The van der Waals surface area contributed by atoms with E-state index in [1.54, 1.807) is 5.38 Å². The second kappa shape index (κ2) is 23.3. The molecular formula is C60H48ClN5O7S2. The highest BCUT2D eigenvalue weighted by molar-refractivity contribution is 8.00. The number of nitrogens with one attached hydrogen (secondary N) is 2. The Hall–Kier alpha value is -8.30. The van der Waals surface area contributed by atoms with Crippen LogP contribution in [-0.2, 0) is 39.0 Å². The molecule has 8 aromatic rings. The van der Waals surface area contributed by atoms with Crippen molar-refractivity contribution in [3.05, 3.63) is 274 Å². The lowest BCUT2D eigenvalue weighted by atomic mass is 9.77. The Kier molecular flexibility index (Phi) is 15.6. The summed E-state index contributed by atoms with van der Waals surface area (Å²) in [4.78, 5) is 69.0. The van der Waals surface area contributed by atoms with Gasteiger partial charge in [-0.05, 0) is 44.5 Å². The predicted octanol–water partition coefficient (Wildman–Crippen LogP) is 10.8. The monoisotopic (exact) mass is 1050 g/mol. The van der Waals surface area contributed by atoms with Gasteiger partial charge < -0.3 is 24.9 Å². The summed E-state index contributed by atoms with van der Waals surface area (Å²) in [6.45, 7) is -0.666. The molecule has 0 bridgehead atoms. The van der Waals surface area contributed by atoms with Crippen molar-refractivity contribution in [3.8, 4) is 0 Å². The molecule has 374 valence electrons. The number of nitrogens with zero attached hydrogens (tertiary/aromatic N) is 3. The molecule has 0 spiro atoms. The van der Waals surface area contributed by atoms with Crippen molar-refractivity contribution in [2.75, 3.05) is 23.6 Å². The lowest BCUT2D eigenvalue weighted by Gasteiger charge is -2.49. The van der Waals surface area contributed by atoms with Gasteiger partial charge in [-0.3, -0.25) is 14.5 Å². The zero-order valence-electron chi connectivity index (χ0n) is 40.1. The Morgan fingerprint density at radius 1 is 0.653 bits per heavy atom. The summed E-state index contributed by atoms with van der Waals surface area (Å²) < 4.78 is 12.2. The number of halogens is 1. The third kappa shape index (κ3) is 10.9. The number of oxime groups is 1. The van der Waals surface area contributed by atoms with Crippen LogP contribution in [0.3, 0.4) is 0 Å². The number of β-lactam (4-membered cyclic amide) rings is 1. The molecule has 0 aliphatic carbocycles. The summed E-state index contributed by atoms with van der Waals surface area (Å²) in [5, 5.41) is 12.2. The summed E-state index contributed by atoms with van der Waals surface area (Å²) in [6.07, 6.45) is -1.53. The highest BCUT2D eigenvalue weighted by atomic mass is 35.5. The smallest absolute Gasteiger partial charge is 0.356 e. The second-order valence-corrected chi connectivity index (χ2v) is 19.7. The molecule has 0 saturated carbocycles. The van der Waals surface area contributed by atoms with Crippen LogP contribution in [-0.4, -0.2) is 69.0 Å². The zero-order chi connectivity index (χ0) is 51.6. The Balaban J connectivity index is 0.943. The summed E-state index contributed by atoms with van der Waals surface area (Å²) >= 11 is 9.04. The van der Waals surface area contributed by atoms with Gasteiger partial charge in [-0.15, -0.1) is 34.7 Å². The first-order chi connectivity index (χ1) is 36.8. The highest BCUT2D eigenvalue weighted by Gasteiger charge is 2.55. The first-order valence-electron chi connectivity index (χ1n) is 24.1. The van der Waals surface area contributed by atoms with Crippen molar-refractivity contribution in [1.29, 1.82) is 0 Å². The van der Waals surface area contributed by atoms with Crippen molar-refractivity contribution in [1.82, 2.24) is 15.2 Å². The molecule has 2 N–H and O–H groups in total. The van der Waals surface area contributed by atoms with Gasteiger partial charge in [0.1, 0.15) is 28.3 Å². The molecule has 0 radical (unpaired) electrons. The van der Waals surface area contributed by atoms with Crippen molar-refractivity contribution in [2.24, 2.45) is 5.16 Å². The average Bonchev–Trinajstić information content (AvgIpc) is 3.95. The van der Waals surface area contributed by atoms with E-state index < -0.39 is 59.5 Å². The Labute approximate surface area is 447 Å². The number of ether oxygens (including phenoxy) is 2. The number of thiazole rings is 1. The van der Waals surface area contributed by atoms with E-state index in [9.17, 15) is 19.2 Å². The van der Waals surface area contributed by atoms with Gasteiger partial charge in [-0.2, -0.15) is 0 Å². The van der Waals surface area contributed by atoms with Crippen molar-refractivity contribution in [3.63, 3.8) is 0 Å². The quantitative estimate of drug-likeness (QED) is 0.0200. The van der Waals surface area contributed by atoms with Gasteiger partial charge in [0.15, 0.2) is 23.1 Å². The third-order valence-electron chi connectivity index (χ3n) is 12.8. The number of hydrogen-bond donors (Lipinski definition) is 2. The van der Waals surface area contributed by atoms with Crippen LogP contribution in [0.25, 0.3) is 0 Å². The molecule has 75 heavy (non-hydrogen) atoms. The fourth-order valence-electron chi connectivity index (χ4n) is 9.22. The van der Waals surface area contributed by atoms with Crippen LogP contribution in [0.2, 0.25) is 0 Å². The molecule has 7 aromatic carbocycles. The second-order valence-electron chi connectivity index (χ2n) is 17.5. The number of esters is 2. The molecular weight excluding hydrogens is 1000 g/mol. The van der Waals surface area contributed by atoms with E-state index >= 15 is 0 Å². The number of carbonyl (C=O) groups is 4. The molecule has 2 atom stereocenters. The van der Waals surface area contributed by atoms with Crippen molar-refractivity contribution >= 4 is 69.3 Å².